The molecular formula is C19H16ClFN4O2S. The van der Waals surface area contributed by atoms with Crippen molar-refractivity contribution < 1.29 is 14.0 Å². The van der Waals surface area contributed by atoms with Gasteiger partial charge in [0.05, 0.1) is 5.71 Å². The summed E-state index contributed by atoms with van der Waals surface area (Å²) < 4.78 is 13.0. The van der Waals surface area contributed by atoms with Crippen molar-refractivity contribution in [3.05, 3.63) is 64.9 Å². The third-order valence-corrected chi connectivity index (χ3v) is 5.15. The summed E-state index contributed by atoms with van der Waals surface area (Å²) in [5, 5.41) is 13.6. The van der Waals surface area contributed by atoms with E-state index in [1.807, 2.05) is 0 Å². The molecule has 2 aromatic carbocycles. The fourth-order valence-corrected chi connectivity index (χ4v) is 3.42. The molecule has 0 spiro atoms. The summed E-state index contributed by atoms with van der Waals surface area (Å²) in [6.07, 6.45) is 0.0315. The maximum absolute atomic E-state index is 13.0. The molecule has 0 saturated carbocycles. The Morgan fingerprint density at radius 1 is 1.21 bits per heavy atom. The zero-order valence-corrected chi connectivity index (χ0v) is 16.4. The molecule has 0 aromatic heterocycles. The van der Waals surface area contributed by atoms with E-state index in [1.165, 1.54) is 12.1 Å². The highest BCUT2D eigenvalue weighted by molar-refractivity contribution is 8.15. The molecule has 0 bridgehead atoms. The summed E-state index contributed by atoms with van der Waals surface area (Å²) in [5.41, 5.74) is 1.84. The number of amidine groups is 1. The number of anilines is 1. The molecule has 1 atom stereocenters. The number of carbonyl (C=O) groups is 2. The first-order valence-electron chi connectivity index (χ1n) is 8.32. The molecule has 1 fully saturated rings. The lowest BCUT2D eigenvalue weighted by Crippen LogP contribution is -2.41. The van der Waals surface area contributed by atoms with Gasteiger partial charge in [-0.2, -0.15) is 5.10 Å². The quantitative estimate of drug-likeness (QED) is 0.585. The molecule has 0 aliphatic carbocycles. The van der Waals surface area contributed by atoms with E-state index in [2.05, 4.69) is 20.8 Å². The molecule has 144 valence electrons. The molecular weight excluding hydrogens is 403 g/mol. The summed E-state index contributed by atoms with van der Waals surface area (Å²) in [4.78, 5) is 24.4. The zero-order valence-electron chi connectivity index (χ0n) is 14.8. The van der Waals surface area contributed by atoms with E-state index in [1.54, 1.807) is 43.3 Å². The van der Waals surface area contributed by atoms with Gasteiger partial charge in [-0.25, -0.2) is 4.39 Å². The van der Waals surface area contributed by atoms with E-state index in [0.29, 0.717) is 22.0 Å². The predicted octanol–water partition coefficient (Wildman–Crippen LogP) is 3.82. The maximum Gasteiger partial charge on any atom is 0.238 e. The number of hydrogen-bond acceptors (Lipinski definition) is 5. The highest BCUT2D eigenvalue weighted by Gasteiger charge is 2.30. The Morgan fingerprint density at radius 3 is 2.57 bits per heavy atom. The fourth-order valence-electron chi connectivity index (χ4n) is 2.36. The van der Waals surface area contributed by atoms with Gasteiger partial charge in [-0.3, -0.25) is 9.59 Å². The second kappa shape index (κ2) is 8.99. The number of hydrogen-bond donors (Lipinski definition) is 2. The van der Waals surface area contributed by atoms with Gasteiger partial charge >= 0.3 is 0 Å². The summed E-state index contributed by atoms with van der Waals surface area (Å²) in [6, 6.07) is 12.5. The minimum absolute atomic E-state index is 0.0315. The Kier molecular flexibility index (Phi) is 6.43. The molecule has 2 N–H and O–H groups in total. The Labute approximate surface area is 170 Å². The molecule has 1 aliphatic rings. The average Bonchev–Trinajstić information content (AvgIpc) is 2.68. The van der Waals surface area contributed by atoms with Crippen molar-refractivity contribution in [3.63, 3.8) is 0 Å². The highest BCUT2D eigenvalue weighted by Crippen LogP contribution is 2.23. The van der Waals surface area contributed by atoms with Crippen LogP contribution in [0.5, 0.6) is 0 Å². The molecule has 2 amide bonds. The van der Waals surface area contributed by atoms with Crippen LogP contribution in [0.15, 0.2) is 58.7 Å². The number of thioether (sulfide) groups is 1. The van der Waals surface area contributed by atoms with E-state index < -0.39 is 5.25 Å². The second-order valence-electron chi connectivity index (χ2n) is 5.95. The van der Waals surface area contributed by atoms with Gasteiger partial charge in [0.2, 0.25) is 11.8 Å². The number of nitrogens with one attached hydrogen (secondary N) is 2. The number of nitrogens with zero attached hydrogens (tertiary/aromatic N) is 2. The van der Waals surface area contributed by atoms with Gasteiger partial charge in [0.25, 0.3) is 0 Å². The summed E-state index contributed by atoms with van der Waals surface area (Å²) in [6.45, 7) is 1.72. The van der Waals surface area contributed by atoms with Gasteiger partial charge in [0.15, 0.2) is 5.17 Å². The van der Waals surface area contributed by atoms with Crippen molar-refractivity contribution in [2.75, 3.05) is 5.32 Å². The molecule has 0 unspecified atom stereocenters. The van der Waals surface area contributed by atoms with Crippen LogP contribution in [0, 0.1) is 5.82 Å². The van der Waals surface area contributed by atoms with E-state index >= 15 is 0 Å². The lowest BCUT2D eigenvalue weighted by atomic mass is 10.1. The highest BCUT2D eigenvalue weighted by atomic mass is 35.5. The first kappa shape index (κ1) is 20.0. The van der Waals surface area contributed by atoms with Crippen molar-refractivity contribution in [1.29, 1.82) is 0 Å². The standard InChI is InChI=1S/C19H16ClFN4O2S/c1-11(12-2-6-14(21)7-3-12)24-25-19-23-17(26)10-16(28-19)18(27)22-15-8-4-13(20)5-9-15/h2-9,16H,10H2,1H3,(H,22,27)(H,23,25,26)/b24-11-/t16-/m0/s1. The molecule has 9 heteroatoms. The third kappa shape index (κ3) is 5.40. The van der Waals surface area contributed by atoms with Crippen molar-refractivity contribution in [3.8, 4) is 0 Å². The molecule has 1 aliphatic heterocycles. The third-order valence-electron chi connectivity index (χ3n) is 3.83. The van der Waals surface area contributed by atoms with Crippen LogP contribution in [-0.4, -0.2) is 27.9 Å². The molecule has 1 saturated heterocycles. The van der Waals surface area contributed by atoms with Gasteiger partial charge in [-0.15, -0.1) is 5.10 Å². The van der Waals surface area contributed by atoms with Crippen LogP contribution >= 0.6 is 23.4 Å². The molecule has 3 rings (SSSR count). The van der Waals surface area contributed by atoms with Crippen LogP contribution in [0.1, 0.15) is 18.9 Å². The van der Waals surface area contributed by atoms with Crippen LogP contribution in [-0.2, 0) is 9.59 Å². The smallest absolute Gasteiger partial charge is 0.238 e. The fraction of sp³-hybridized carbons (Fsp3) is 0.158. The van der Waals surface area contributed by atoms with E-state index in [4.69, 9.17) is 11.6 Å². The van der Waals surface area contributed by atoms with Gasteiger partial charge < -0.3 is 10.6 Å². The van der Waals surface area contributed by atoms with Crippen molar-refractivity contribution in [1.82, 2.24) is 5.32 Å². The molecule has 2 aromatic rings. The molecule has 6 nitrogen and oxygen atoms in total. The number of benzene rings is 2. The van der Waals surface area contributed by atoms with Crippen LogP contribution in [0.3, 0.4) is 0 Å². The number of rotatable bonds is 4. The maximum atomic E-state index is 13.0. The summed E-state index contributed by atoms with van der Waals surface area (Å²) in [7, 11) is 0. The zero-order chi connectivity index (χ0) is 20.1. The topological polar surface area (TPSA) is 82.9 Å². The number of carbonyl (C=O) groups excluding carboxylic acids is 2. The van der Waals surface area contributed by atoms with E-state index in [9.17, 15) is 14.0 Å². The lowest BCUT2D eigenvalue weighted by molar-refractivity contribution is -0.123. The Bertz CT molecular complexity index is 945. The largest absolute Gasteiger partial charge is 0.325 e. The van der Waals surface area contributed by atoms with Crippen LogP contribution in [0.2, 0.25) is 5.02 Å². The second-order valence-corrected chi connectivity index (χ2v) is 7.58. The van der Waals surface area contributed by atoms with Crippen LogP contribution in [0.25, 0.3) is 0 Å². The van der Waals surface area contributed by atoms with Crippen LogP contribution in [0.4, 0.5) is 10.1 Å². The normalized spacial score (nSPS) is 18.7. The predicted molar refractivity (Wildman–Crippen MR) is 110 cm³/mol. The Morgan fingerprint density at radius 2 is 1.89 bits per heavy atom. The van der Waals surface area contributed by atoms with Crippen LogP contribution < -0.4 is 10.6 Å². The van der Waals surface area contributed by atoms with Gasteiger partial charge in [-0.1, -0.05) is 35.5 Å². The number of amides is 2. The monoisotopic (exact) mass is 418 g/mol. The molecule has 28 heavy (non-hydrogen) atoms. The minimum atomic E-state index is -0.635. The summed E-state index contributed by atoms with van der Waals surface area (Å²) in [5.74, 6) is -0.968. The van der Waals surface area contributed by atoms with Gasteiger partial charge in [0.1, 0.15) is 11.1 Å². The SMILES string of the molecule is C/C(=N/N=C1/NC(=O)C[C@@H](C(=O)Nc2ccc(Cl)cc2)S1)c1ccc(F)cc1. The van der Waals surface area contributed by atoms with E-state index in [0.717, 1.165) is 11.8 Å². The Balaban J connectivity index is 1.69. The average molecular weight is 419 g/mol. The van der Waals surface area contributed by atoms with Crippen molar-refractivity contribution in [2.45, 2.75) is 18.6 Å². The first-order chi connectivity index (χ1) is 13.4. The molecule has 1 heterocycles. The number of halogens is 2. The first-order valence-corrected chi connectivity index (χ1v) is 9.57. The van der Waals surface area contributed by atoms with Gasteiger partial charge in [0, 0.05) is 17.1 Å². The molecule has 0 radical (unpaired) electrons. The van der Waals surface area contributed by atoms with E-state index in [-0.39, 0.29) is 29.2 Å². The van der Waals surface area contributed by atoms with Gasteiger partial charge in [-0.05, 0) is 48.9 Å². The van der Waals surface area contributed by atoms with Crippen molar-refractivity contribution >= 4 is 51.7 Å². The Hall–Kier alpha value is -2.71. The van der Waals surface area contributed by atoms with Crippen molar-refractivity contribution in [2.24, 2.45) is 10.2 Å². The minimum Gasteiger partial charge on any atom is -0.325 e. The summed E-state index contributed by atoms with van der Waals surface area (Å²) >= 11 is 6.95. The lowest BCUT2D eigenvalue weighted by Gasteiger charge is -2.21.